The first-order valence-corrected chi connectivity index (χ1v) is 26.2. The van der Waals surface area contributed by atoms with Crippen LogP contribution in [-0.4, -0.2) is 21.8 Å². The Balaban J connectivity index is 1.13. The maximum absolute atomic E-state index is 2.91. The van der Waals surface area contributed by atoms with Gasteiger partial charge in [-0.25, -0.2) is 0 Å². The van der Waals surface area contributed by atoms with Crippen molar-refractivity contribution in [2.45, 2.75) is 0 Å². The second-order valence-electron chi connectivity index (χ2n) is 18.4. The fourth-order valence-corrected chi connectivity index (χ4v) is 16.6. The predicted molar refractivity (Wildman–Crippen MR) is 299 cm³/mol. The Hall–Kier alpha value is -8.96. The normalized spacial score (nSPS) is 12.0. The molecule has 3 heterocycles. The van der Waals surface area contributed by atoms with Gasteiger partial charge in [0.15, 0.2) is 8.07 Å². The topological polar surface area (TPSA) is 14.8 Å². The molecular formula is C66H45N3Si. The summed E-state index contributed by atoms with van der Waals surface area (Å²) in [7, 11) is -2.91. The van der Waals surface area contributed by atoms with Gasteiger partial charge >= 0.3 is 0 Å². The Morgan fingerprint density at radius 3 is 1.26 bits per heavy atom. The van der Waals surface area contributed by atoms with Crippen molar-refractivity contribution in [3.05, 3.63) is 273 Å². The summed E-state index contributed by atoms with van der Waals surface area (Å²) < 4.78 is 7.54. The summed E-state index contributed by atoms with van der Waals surface area (Å²) in [5, 5.41) is 12.7. The zero-order chi connectivity index (χ0) is 46.2. The Bertz CT molecular complexity index is 4130. The highest BCUT2D eigenvalue weighted by atomic mass is 28.3. The molecule has 3 aromatic heterocycles. The molecule has 0 atom stereocenters. The number of para-hydroxylation sites is 4. The summed E-state index contributed by atoms with van der Waals surface area (Å²) >= 11 is 0. The van der Waals surface area contributed by atoms with Crippen LogP contribution in [0.15, 0.2) is 273 Å². The van der Waals surface area contributed by atoms with Gasteiger partial charge in [-0.05, 0) is 86.5 Å². The molecule has 4 heteroatoms. The maximum Gasteiger partial charge on any atom is 0.179 e. The van der Waals surface area contributed by atoms with Gasteiger partial charge in [0.1, 0.15) is 0 Å². The molecule has 70 heavy (non-hydrogen) atoms. The van der Waals surface area contributed by atoms with Crippen LogP contribution in [0.25, 0.3) is 93.6 Å². The largest absolute Gasteiger partial charge is 0.309 e. The highest BCUT2D eigenvalue weighted by Crippen LogP contribution is 2.41. The summed E-state index contributed by atoms with van der Waals surface area (Å²) in [5.41, 5.74) is 12.8. The molecule has 0 N–H and O–H groups in total. The molecule has 0 spiro atoms. The maximum atomic E-state index is 2.59. The first kappa shape index (κ1) is 40.1. The van der Waals surface area contributed by atoms with Crippen LogP contribution in [0.1, 0.15) is 0 Å². The SMILES string of the molecule is c1ccc(-c2cccc(-n3c4ccccc4c4cccc(-n5c6cc(-n7c8ccccc8c8ccccc87)ccc6c6ccc([Si](c7ccccc7)(c7ccccc7)c7ccccc7)cc65)c43)c2)cc1. The lowest BCUT2D eigenvalue weighted by atomic mass is 10.1. The molecule has 11 aromatic carbocycles. The highest BCUT2D eigenvalue weighted by Gasteiger charge is 2.41. The molecule has 3 nitrogen and oxygen atoms in total. The fourth-order valence-electron chi connectivity index (χ4n) is 11.8. The average molecular weight is 908 g/mol. The van der Waals surface area contributed by atoms with Gasteiger partial charge in [0.25, 0.3) is 0 Å². The van der Waals surface area contributed by atoms with Crippen LogP contribution in [0.5, 0.6) is 0 Å². The third-order valence-electron chi connectivity index (χ3n) is 14.8. The van der Waals surface area contributed by atoms with Crippen LogP contribution < -0.4 is 20.7 Å². The van der Waals surface area contributed by atoms with Gasteiger partial charge in [-0.1, -0.05) is 218 Å². The lowest BCUT2D eigenvalue weighted by Gasteiger charge is -2.34. The average Bonchev–Trinajstić information content (AvgIpc) is 4.08. The Morgan fingerprint density at radius 1 is 0.229 bits per heavy atom. The van der Waals surface area contributed by atoms with E-state index in [2.05, 4.69) is 287 Å². The number of aromatic nitrogens is 3. The van der Waals surface area contributed by atoms with Gasteiger partial charge in [0.05, 0.1) is 38.8 Å². The van der Waals surface area contributed by atoms with Crippen molar-refractivity contribution in [2.75, 3.05) is 0 Å². The zero-order valence-corrected chi connectivity index (χ0v) is 39.3. The van der Waals surface area contributed by atoms with Gasteiger partial charge in [-0.2, -0.15) is 0 Å². The third-order valence-corrected chi connectivity index (χ3v) is 19.5. The molecule has 0 aliphatic rings. The van der Waals surface area contributed by atoms with Crippen molar-refractivity contribution in [1.29, 1.82) is 0 Å². The van der Waals surface area contributed by atoms with Crippen LogP contribution in [-0.2, 0) is 0 Å². The fraction of sp³-hybridized carbons (Fsp3) is 0. The molecule has 0 unspecified atom stereocenters. The van der Waals surface area contributed by atoms with Crippen molar-refractivity contribution in [2.24, 2.45) is 0 Å². The van der Waals surface area contributed by atoms with E-state index < -0.39 is 8.07 Å². The molecule has 0 saturated heterocycles. The second kappa shape index (κ2) is 16.1. The minimum Gasteiger partial charge on any atom is -0.309 e. The van der Waals surface area contributed by atoms with Crippen LogP contribution in [0.4, 0.5) is 0 Å². The van der Waals surface area contributed by atoms with Crippen molar-refractivity contribution >= 4 is 94.2 Å². The lowest BCUT2D eigenvalue weighted by Crippen LogP contribution is -2.74. The minimum atomic E-state index is -2.91. The summed E-state index contributed by atoms with van der Waals surface area (Å²) in [4.78, 5) is 0. The van der Waals surface area contributed by atoms with E-state index in [9.17, 15) is 0 Å². The Morgan fingerprint density at radius 2 is 0.657 bits per heavy atom. The number of nitrogens with zero attached hydrogens (tertiary/aromatic N) is 3. The quantitative estimate of drug-likeness (QED) is 0.107. The molecular weight excluding hydrogens is 863 g/mol. The molecule has 0 aliphatic heterocycles. The first-order chi connectivity index (χ1) is 34.8. The summed E-state index contributed by atoms with van der Waals surface area (Å²) in [6.07, 6.45) is 0. The molecule has 14 rings (SSSR count). The van der Waals surface area contributed by atoms with Crippen molar-refractivity contribution in [3.63, 3.8) is 0 Å². The van der Waals surface area contributed by atoms with E-state index in [1.54, 1.807) is 0 Å². The highest BCUT2D eigenvalue weighted by molar-refractivity contribution is 7.20. The number of fused-ring (bicyclic) bond motifs is 9. The van der Waals surface area contributed by atoms with E-state index in [-0.39, 0.29) is 0 Å². The molecule has 0 aliphatic carbocycles. The standard InChI is InChI=1S/C66H45N3Si/c1-5-21-46(22-6-1)47-23-19-24-48(43-47)68-62-37-18-15-33-56(62)59-34-20-38-63(66(59)68)69-64-44-49(67-60-35-16-13-31-54(60)55-32-14-17-36-61(55)67)39-41-57(64)58-42-40-53(45-65(58)69)70(50-25-7-2-8-26-50,51-27-9-3-10-28-51)52-29-11-4-12-30-52/h1-45H. The van der Waals surface area contributed by atoms with E-state index in [0.29, 0.717) is 0 Å². The summed E-state index contributed by atoms with van der Waals surface area (Å²) in [5.74, 6) is 0. The second-order valence-corrected chi connectivity index (χ2v) is 22.2. The predicted octanol–water partition coefficient (Wildman–Crippen LogP) is 14.0. The van der Waals surface area contributed by atoms with Crippen LogP contribution in [0, 0.1) is 0 Å². The smallest absolute Gasteiger partial charge is 0.179 e. The molecule has 0 fully saturated rings. The molecule has 0 bridgehead atoms. The van der Waals surface area contributed by atoms with Crippen molar-refractivity contribution < 1.29 is 0 Å². The summed E-state index contributed by atoms with van der Waals surface area (Å²) in [6.45, 7) is 0. The van der Waals surface area contributed by atoms with E-state index in [1.165, 1.54) is 86.3 Å². The van der Waals surface area contributed by atoms with E-state index in [0.717, 1.165) is 28.1 Å². The zero-order valence-electron chi connectivity index (χ0n) is 38.3. The van der Waals surface area contributed by atoms with Gasteiger partial charge < -0.3 is 13.7 Å². The summed E-state index contributed by atoms with van der Waals surface area (Å²) in [6, 6.07) is 102. The molecule has 0 amide bonds. The molecule has 0 saturated carbocycles. The van der Waals surface area contributed by atoms with Gasteiger partial charge in [-0.15, -0.1) is 0 Å². The minimum absolute atomic E-state index is 1.12. The number of rotatable bonds is 8. The monoisotopic (exact) mass is 907 g/mol. The van der Waals surface area contributed by atoms with E-state index in [4.69, 9.17) is 0 Å². The van der Waals surface area contributed by atoms with Gasteiger partial charge in [0.2, 0.25) is 0 Å². The third kappa shape index (κ3) is 6.00. The van der Waals surface area contributed by atoms with Crippen LogP contribution in [0.3, 0.4) is 0 Å². The molecule has 0 radical (unpaired) electrons. The molecule has 328 valence electrons. The number of hydrogen-bond acceptors (Lipinski definition) is 0. The van der Waals surface area contributed by atoms with E-state index >= 15 is 0 Å². The van der Waals surface area contributed by atoms with Crippen molar-refractivity contribution in [3.8, 4) is 28.2 Å². The number of hydrogen-bond donors (Lipinski definition) is 0. The first-order valence-electron chi connectivity index (χ1n) is 24.2. The molecule has 14 aromatic rings. The van der Waals surface area contributed by atoms with Gasteiger partial charge in [0, 0.05) is 43.7 Å². The number of benzene rings is 11. The van der Waals surface area contributed by atoms with E-state index in [1.807, 2.05) is 0 Å². The van der Waals surface area contributed by atoms with Crippen LogP contribution >= 0.6 is 0 Å². The Kier molecular flexibility index (Phi) is 9.23. The van der Waals surface area contributed by atoms with Crippen LogP contribution in [0.2, 0.25) is 0 Å². The van der Waals surface area contributed by atoms with Gasteiger partial charge in [-0.3, -0.25) is 0 Å². The van der Waals surface area contributed by atoms with Crippen molar-refractivity contribution in [1.82, 2.24) is 13.7 Å². The Labute approximate surface area is 407 Å². The lowest BCUT2D eigenvalue weighted by molar-refractivity contribution is 1.13.